The van der Waals surface area contributed by atoms with E-state index in [1.807, 2.05) is 13.8 Å². The van der Waals surface area contributed by atoms with Crippen molar-refractivity contribution in [2.45, 2.75) is 26.8 Å². The SMILES string of the molecule is [C-]#[N+]c1cc(C(=O)NC(C)C)ncc1C. The minimum atomic E-state index is -0.241. The number of amides is 1. The Bertz CT molecular complexity index is 418. The van der Waals surface area contributed by atoms with E-state index in [0.29, 0.717) is 11.4 Å². The van der Waals surface area contributed by atoms with Gasteiger partial charge >= 0.3 is 0 Å². The van der Waals surface area contributed by atoms with Crippen LogP contribution in [-0.4, -0.2) is 16.9 Å². The normalized spacial score (nSPS) is 9.80. The van der Waals surface area contributed by atoms with Crippen LogP contribution in [0.2, 0.25) is 0 Å². The van der Waals surface area contributed by atoms with Gasteiger partial charge < -0.3 is 5.32 Å². The van der Waals surface area contributed by atoms with Crippen LogP contribution in [0.4, 0.5) is 5.69 Å². The van der Waals surface area contributed by atoms with Crippen molar-refractivity contribution < 1.29 is 4.79 Å². The van der Waals surface area contributed by atoms with Gasteiger partial charge in [-0.15, -0.1) is 0 Å². The summed E-state index contributed by atoms with van der Waals surface area (Å²) in [5, 5.41) is 2.73. The third kappa shape index (κ3) is 2.78. The fourth-order valence-electron chi connectivity index (χ4n) is 1.09. The Kier molecular flexibility index (Phi) is 3.40. The minimum Gasteiger partial charge on any atom is -0.349 e. The number of rotatable bonds is 2. The molecule has 0 atom stereocenters. The second-order valence-electron chi connectivity index (χ2n) is 3.60. The second kappa shape index (κ2) is 4.56. The minimum absolute atomic E-state index is 0.0667. The summed E-state index contributed by atoms with van der Waals surface area (Å²) in [5.41, 5.74) is 1.55. The average Bonchev–Trinajstić information content (AvgIpc) is 2.17. The molecule has 0 aliphatic rings. The van der Waals surface area contributed by atoms with E-state index in [9.17, 15) is 4.79 Å². The first kappa shape index (κ1) is 11.2. The van der Waals surface area contributed by atoms with Gasteiger partial charge in [0.2, 0.25) is 0 Å². The fourth-order valence-corrected chi connectivity index (χ4v) is 1.09. The molecule has 1 amide bonds. The van der Waals surface area contributed by atoms with Gasteiger partial charge in [0.25, 0.3) is 5.91 Å². The zero-order valence-corrected chi connectivity index (χ0v) is 9.03. The number of aromatic nitrogens is 1. The summed E-state index contributed by atoms with van der Waals surface area (Å²) in [6.45, 7) is 12.5. The van der Waals surface area contributed by atoms with Gasteiger partial charge in [0.05, 0.1) is 6.57 Å². The highest BCUT2D eigenvalue weighted by atomic mass is 16.1. The predicted molar refractivity (Wildman–Crippen MR) is 57.8 cm³/mol. The Hall–Kier alpha value is -1.89. The maximum atomic E-state index is 11.6. The molecule has 4 heteroatoms. The quantitative estimate of drug-likeness (QED) is 0.748. The van der Waals surface area contributed by atoms with Crippen LogP contribution in [0.3, 0.4) is 0 Å². The van der Waals surface area contributed by atoms with Crippen LogP contribution in [0.5, 0.6) is 0 Å². The molecule has 1 aromatic heterocycles. The zero-order chi connectivity index (χ0) is 11.4. The lowest BCUT2D eigenvalue weighted by Crippen LogP contribution is -2.30. The molecule has 0 aromatic carbocycles. The number of nitrogens with one attached hydrogen (secondary N) is 1. The van der Waals surface area contributed by atoms with Crippen molar-refractivity contribution in [3.63, 3.8) is 0 Å². The molecule has 1 N–H and O–H groups in total. The molecular formula is C11H13N3O. The molecule has 1 heterocycles. The van der Waals surface area contributed by atoms with Crippen LogP contribution >= 0.6 is 0 Å². The lowest BCUT2D eigenvalue weighted by Gasteiger charge is -2.08. The van der Waals surface area contributed by atoms with E-state index in [2.05, 4.69) is 15.1 Å². The predicted octanol–water partition coefficient (Wildman–Crippen LogP) is 2.08. The first-order valence-electron chi connectivity index (χ1n) is 4.69. The number of nitrogens with zero attached hydrogens (tertiary/aromatic N) is 2. The molecule has 0 fully saturated rings. The topological polar surface area (TPSA) is 46.4 Å². The van der Waals surface area contributed by atoms with Gasteiger partial charge in [-0.2, -0.15) is 0 Å². The number of carbonyl (C=O) groups excluding carboxylic acids is 1. The van der Waals surface area contributed by atoms with E-state index in [4.69, 9.17) is 6.57 Å². The van der Waals surface area contributed by atoms with E-state index in [1.54, 1.807) is 13.1 Å². The van der Waals surface area contributed by atoms with Crippen LogP contribution in [-0.2, 0) is 0 Å². The summed E-state index contributed by atoms with van der Waals surface area (Å²) < 4.78 is 0. The average molecular weight is 203 g/mol. The molecule has 15 heavy (non-hydrogen) atoms. The summed E-state index contributed by atoms with van der Waals surface area (Å²) in [6.07, 6.45) is 1.54. The Balaban J connectivity index is 2.97. The van der Waals surface area contributed by atoms with E-state index < -0.39 is 0 Å². The molecule has 1 rings (SSSR count). The summed E-state index contributed by atoms with van der Waals surface area (Å²) in [4.78, 5) is 18.9. The molecule has 0 bridgehead atoms. The third-order valence-electron chi connectivity index (χ3n) is 1.85. The Labute approximate surface area is 89.2 Å². The first-order valence-corrected chi connectivity index (χ1v) is 4.69. The van der Waals surface area contributed by atoms with E-state index in [1.165, 1.54) is 6.07 Å². The zero-order valence-electron chi connectivity index (χ0n) is 9.03. The van der Waals surface area contributed by atoms with Gasteiger partial charge in [-0.25, -0.2) is 4.85 Å². The largest absolute Gasteiger partial charge is 0.349 e. The van der Waals surface area contributed by atoms with Crippen LogP contribution in [0, 0.1) is 13.5 Å². The summed E-state index contributed by atoms with van der Waals surface area (Å²) in [5.74, 6) is -0.241. The van der Waals surface area contributed by atoms with Crippen molar-refractivity contribution >= 4 is 11.6 Å². The molecule has 78 valence electrons. The number of hydrogen-bond donors (Lipinski definition) is 1. The molecular weight excluding hydrogens is 190 g/mol. The number of aryl methyl sites for hydroxylation is 1. The van der Waals surface area contributed by atoms with Gasteiger partial charge in [-0.1, -0.05) is 0 Å². The number of pyridine rings is 1. The van der Waals surface area contributed by atoms with E-state index in [-0.39, 0.29) is 11.9 Å². The summed E-state index contributed by atoms with van der Waals surface area (Å²) in [6, 6.07) is 1.58. The van der Waals surface area contributed by atoms with Crippen molar-refractivity contribution in [3.8, 4) is 0 Å². The summed E-state index contributed by atoms with van der Waals surface area (Å²) in [7, 11) is 0. The third-order valence-corrected chi connectivity index (χ3v) is 1.85. The molecule has 4 nitrogen and oxygen atoms in total. The highest BCUT2D eigenvalue weighted by Crippen LogP contribution is 2.17. The molecule has 0 aliphatic heterocycles. The van der Waals surface area contributed by atoms with Gasteiger partial charge in [0, 0.05) is 12.2 Å². The van der Waals surface area contributed by atoms with Crippen molar-refractivity contribution in [1.29, 1.82) is 0 Å². The lowest BCUT2D eigenvalue weighted by atomic mass is 10.2. The maximum absolute atomic E-state index is 11.6. The van der Waals surface area contributed by atoms with E-state index in [0.717, 1.165) is 5.56 Å². The van der Waals surface area contributed by atoms with Crippen molar-refractivity contribution in [2.24, 2.45) is 0 Å². The highest BCUT2D eigenvalue weighted by molar-refractivity contribution is 5.93. The molecule has 0 spiro atoms. The van der Waals surface area contributed by atoms with Crippen molar-refractivity contribution in [3.05, 3.63) is 34.9 Å². The molecule has 0 radical (unpaired) electrons. The Morgan fingerprint density at radius 2 is 2.27 bits per heavy atom. The maximum Gasteiger partial charge on any atom is 0.268 e. The van der Waals surface area contributed by atoms with Crippen LogP contribution in [0.1, 0.15) is 29.9 Å². The van der Waals surface area contributed by atoms with E-state index >= 15 is 0 Å². The van der Waals surface area contributed by atoms with Crippen LogP contribution in [0.15, 0.2) is 12.3 Å². The lowest BCUT2D eigenvalue weighted by molar-refractivity contribution is 0.0938. The van der Waals surface area contributed by atoms with Gasteiger partial charge in [0.15, 0.2) is 5.69 Å². The molecule has 0 aliphatic carbocycles. The number of hydrogen-bond acceptors (Lipinski definition) is 2. The fraction of sp³-hybridized carbons (Fsp3) is 0.364. The molecule has 0 saturated heterocycles. The van der Waals surface area contributed by atoms with Gasteiger partial charge in [0.1, 0.15) is 5.69 Å². The van der Waals surface area contributed by atoms with Crippen LogP contribution in [0.25, 0.3) is 4.85 Å². The highest BCUT2D eigenvalue weighted by Gasteiger charge is 2.10. The molecule has 0 unspecified atom stereocenters. The van der Waals surface area contributed by atoms with Gasteiger partial charge in [-0.05, 0) is 32.4 Å². The Morgan fingerprint density at radius 1 is 1.60 bits per heavy atom. The smallest absolute Gasteiger partial charge is 0.268 e. The number of carbonyl (C=O) groups is 1. The molecule has 1 aromatic rings. The van der Waals surface area contributed by atoms with Crippen molar-refractivity contribution in [2.75, 3.05) is 0 Å². The first-order chi connectivity index (χ1) is 7.04. The monoisotopic (exact) mass is 203 g/mol. The standard InChI is InChI=1S/C11H13N3O/c1-7(2)14-11(15)10-5-9(12-4)8(3)6-13-10/h5-7H,1-3H3,(H,14,15). The van der Waals surface area contributed by atoms with Gasteiger partial charge in [-0.3, -0.25) is 9.78 Å². The van der Waals surface area contributed by atoms with Crippen molar-refractivity contribution in [1.82, 2.24) is 10.3 Å². The Morgan fingerprint density at radius 3 is 2.80 bits per heavy atom. The summed E-state index contributed by atoms with van der Waals surface area (Å²) >= 11 is 0. The second-order valence-corrected chi connectivity index (χ2v) is 3.60. The molecule has 0 saturated carbocycles. The van der Waals surface area contributed by atoms with Crippen LogP contribution < -0.4 is 5.32 Å².